The van der Waals surface area contributed by atoms with Gasteiger partial charge in [-0.1, -0.05) is 259 Å². The Morgan fingerprint density at radius 3 is 0.865 bits per heavy atom. The zero-order chi connectivity index (χ0) is 52.3. The molecule has 74 heavy (non-hydrogen) atoms. The van der Waals surface area contributed by atoms with Crippen molar-refractivity contribution in [2.45, 2.75) is 286 Å². The Labute approximate surface area is 460 Å². The minimum absolute atomic E-state index is 0.156. The van der Waals surface area contributed by atoms with Crippen molar-refractivity contribution in [2.75, 3.05) is 0 Å². The lowest BCUT2D eigenvalue weighted by Gasteiger charge is -2.20. The summed E-state index contributed by atoms with van der Waals surface area (Å²) in [6, 6.07) is 18.1. The molecule has 4 aromatic carbocycles. The molecule has 0 saturated carbocycles. The van der Waals surface area contributed by atoms with Crippen molar-refractivity contribution in [3.8, 4) is 20.9 Å². The van der Waals surface area contributed by atoms with Gasteiger partial charge in [-0.15, -0.1) is 22.7 Å². The highest BCUT2D eigenvalue weighted by atomic mass is 32.1. The molecule has 0 aliphatic heterocycles. The summed E-state index contributed by atoms with van der Waals surface area (Å²) in [5, 5.41) is 6.07. The van der Waals surface area contributed by atoms with E-state index >= 15 is 9.59 Å². The van der Waals surface area contributed by atoms with Crippen LogP contribution in [0.1, 0.15) is 280 Å². The molecule has 2 aromatic heterocycles. The Balaban J connectivity index is 1.38. The van der Waals surface area contributed by atoms with Crippen LogP contribution in [0.25, 0.3) is 53.2 Å². The molecule has 4 heteroatoms. The van der Waals surface area contributed by atoms with Crippen molar-refractivity contribution < 1.29 is 0 Å². The lowest BCUT2D eigenvalue weighted by atomic mass is 9.84. The molecule has 0 amide bonds. The minimum Gasteiger partial charge on any atom is -0.289 e. The predicted octanol–water partition coefficient (Wildman–Crippen LogP) is 23.3. The van der Waals surface area contributed by atoms with Crippen LogP contribution in [-0.2, 0) is 12.8 Å². The Morgan fingerprint density at radius 2 is 0.608 bits per heavy atom. The second-order valence-corrected chi connectivity index (χ2v) is 26.1. The van der Waals surface area contributed by atoms with Crippen LogP contribution in [0.4, 0.5) is 0 Å². The second-order valence-electron chi connectivity index (χ2n) is 23.5. The molecule has 2 nitrogen and oxygen atoms in total. The summed E-state index contributed by atoms with van der Waals surface area (Å²) >= 11 is 3.48. The average Bonchev–Trinajstić information content (AvgIpc) is 4.21. The van der Waals surface area contributed by atoms with Gasteiger partial charge >= 0.3 is 0 Å². The predicted molar refractivity (Wildman–Crippen MR) is 333 cm³/mol. The SMILES string of the molecule is CCCCCCCCCCCCC(CCCCCCCC)Cc1cc2c(cc(CC(CCCCCCCC)CCCCCCCCCCCC)c3cc(-c4ccc(C)s4)c(=O)c32)c2c(=O)c(-c3ccc(C)s3)cc12. The molecule has 0 fully saturated rings. The number of aryl methyl sites for hydroxylation is 2. The van der Waals surface area contributed by atoms with E-state index in [1.54, 1.807) is 22.7 Å². The summed E-state index contributed by atoms with van der Waals surface area (Å²) in [5.41, 5.74) is 4.58. The highest BCUT2D eigenvalue weighted by Gasteiger charge is 2.25. The standard InChI is InChI=1S/C70H104O2S2/c1-7-11-15-19-23-25-27-29-33-37-41-55(39-35-31-21-17-13-9-3)47-57-49-61-62(67-59(57)51-63(69(67)71)65-45-43-53(5)73-65)50-58(60-52-64(70(72)68(60)61)66-46-44-54(6)74-66)48-56(40-36-32-22-18-14-10-4)42-38-34-30-28-26-24-20-16-12-8-2/h43-46,49-52,55-56H,7-42,47-48H2,1-6H3. The molecule has 0 aliphatic rings. The summed E-state index contributed by atoms with van der Waals surface area (Å²) in [4.78, 5) is 35.3. The van der Waals surface area contributed by atoms with Gasteiger partial charge in [-0.3, -0.25) is 9.59 Å². The van der Waals surface area contributed by atoms with E-state index < -0.39 is 0 Å². The third-order valence-electron chi connectivity index (χ3n) is 17.1. The maximum absolute atomic E-state index is 15.3. The van der Waals surface area contributed by atoms with E-state index in [-0.39, 0.29) is 10.9 Å². The van der Waals surface area contributed by atoms with Gasteiger partial charge in [0.05, 0.1) is 0 Å². The largest absolute Gasteiger partial charge is 0.289 e. The number of rotatable bonds is 42. The molecule has 408 valence electrons. The van der Waals surface area contributed by atoms with Gasteiger partial charge in [0.2, 0.25) is 0 Å². The quantitative estimate of drug-likeness (QED) is 0.0358. The van der Waals surface area contributed by atoms with E-state index in [4.69, 9.17) is 0 Å². The van der Waals surface area contributed by atoms with Crippen LogP contribution in [0.15, 0.2) is 58.1 Å². The van der Waals surface area contributed by atoms with Gasteiger partial charge < -0.3 is 0 Å². The Hall–Kier alpha value is -3.08. The van der Waals surface area contributed by atoms with Gasteiger partial charge in [0.1, 0.15) is 0 Å². The van der Waals surface area contributed by atoms with Gasteiger partial charge in [-0.25, -0.2) is 0 Å². The number of hydrogen-bond acceptors (Lipinski definition) is 4. The van der Waals surface area contributed by atoms with Crippen molar-refractivity contribution in [3.63, 3.8) is 0 Å². The molecule has 0 bridgehead atoms. The molecule has 6 aromatic rings. The van der Waals surface area contributed by atoms with Crippen molar-refractivity contribution >= 4 is 55.0 Å². The second kappa shape index (κ2) is 33.9. The van der Waals surface area contributed by atoms with Gasteiger partial charge in [-0.2, -0.15) is 0 Å². The van der Waals surface area contributed by atoms with E-state index in [0.29, 0.717) is 11.8 Å². The summed E-state index contributed by atoms with van der Waals surface area (Å²) in [7, 11) is 0. The van der Waals surface area contributed by atoms with E-state index in [9.17, 15) is 0 Å². The molecule has 2 atom stereocenters. The van der Waals surface area contributed by atoms with Crippen LogP contribution in [0, 0.1) is 25.7 Å². The normalized spacial score (nSPS) is 12.9. The Bertz CT molecular complexity index is 2400. The first-order valence-corrected chi connectivity index (χ1v) is 33.2. The van der Waals surface area contributed by atoms with Crippen molar-refractivity contribution in [2.24, 2.45) is 11.8 Å². The van der Waals surface area contributed by atoms with Crippen molar-refractivity contribution in [1.82, 2.24) is 0 Å². The average molecular weight is 1040 g/mol. The summed E-state index contributed by atoms with van der Waals surface area (Å²) in [6.45, 7) is 13.5. The molecular formula is C70H104O2S2. The molecule has 0 aliphatic carbocycles. The van der Waals surface area contributed by atoms with Crippen LogP contribution in [0.3, 0.4) is 0 Å². The van der Waals surface area contributed by atoms with Crippen LogP contribution in [0.2, 0.25) is 0 Å². The van der Waals surface area contributed by atoms with Gasteiger partial charge in [-0.05, 0) is 120 Å². The van der Waals surface area contributed by atoms with Crippen LogP contribution in [-0.4, -0.2) is 0 Å². The molecule has 0 N–H and O–H groups in total. The maximum atomic E-state index is 15.3. The zero-order valence-electron chi connectivity index (χ0n) is 48.3. The van der Waals surface area contributed by atoms with Gasteiger partial charge in [0.25, 0.3) is 0 Å². The fourth-order valence-corrected chi connectivity index (χ4v) is 14.4. The summed E-state index contributed by atoms with van der Waals surface area (Å²) in [6.07, 6.45) is 49.8. The molecule has 0 spiro atoms. The highest BCUT2D eigenvalue weighted by Crippen LogP contribution is 2.42. The van der Waals surface area contributed by atoms with Gasteiger partial charge in [0, 0.05) is 41.4 Å². The molecule has 0 radical (unpaired) electrons. The Kier molecular flexibility index (Phi) is 27.6. The van der Waals surface area contributed by atoms with Crippen molar-refractivity contribution in [3.05, 3.63) is 89.9 Å². The third kappa shape index (κ3) is 18.5. The molecule has 0 saturated heterocycles. The van der Waals surface area contributed by atoms with Crippen LogP contribution in [0.5, 0.6) is 0 Å². The first kappa shape index (κ1) is 60.2. The number of fused-ring (bicyclic) bond motifs is 5. The van der Waals surface area contributed by atoms with E-state index in [1.165, 1.54) is 252 Å². The Morgan fingerprint density at radius 1 is 0.338 bits per heavy atom. The molecule has 2 unspecified atom stereocenters. The van der Waals surface area contributed by atoms with Crippen LogP contribution < -0.4 is 10.9 Å². The first-order chi connectivity index (χ1) is 36.3. The zero-order valence-corrected chi connectivity index (χ0v) is 49.9. The summed E-state index contributed by atoms with van der Waals surface area (Å²) < 4.78 is 0. The number of thiophene rings is 2. The number of unbranched alkanes of at least 4 members (excludes halogenated alkanes) is 28. The lowest BCUT2D eigenvalue weighted by Crippen LogP contribution is -2.08. The summed E-state index contributed by atoms with van der Waals surface area (Å²) in [5.74, 6) is 1.13. The first-order valence-electron chi connectivity index (χ1n) is 31.6. The third-order valence-corrected chi connectivity index (χ3v) is 19.2. The number of hydrogen-bond donors (Lipinski definition) is 0. The number of benzene rings is 2. The topological polar surface area (TPSA) is 34.1 Å². The molecule has 2 heterocycles. The smallest absolute Gasteiger partial charge is 0.195 e. The highest BCUT2D eigenvalue weighted by molar-refractivity contribution is 7.15. The van der Waals surface area contributed by atoms with Crippen molar-refractivity contribution in [1.29, 1.82) is 0 Å². The van der Waals surface area contributed by atoms with Crippen LogP contribution >= 0.6 is 22.7 Å². The fraction of sp³-hybridized carbons (Fsp3) is 0.657. The van der Waals surface area contributed by atoms with E-state index in [0.717, 1.165) is 66.0 Å². The molecule has 6 rings (SSSR count). The maximum Gasteiger partial charge on any atom is 0.195 e. The monoisotopic (exact) mass is 1040 g/mol. The lowest BCUT2D eigenvalue weighted by molar-refractivity contribution is 0.401. The van der Waals surface area contributed by atoms with E-state index in [2.05, 4.69) is 90.1 Å². The van der Waals surface area contributed by atoms with E-state index in [1.807, 2.05) is 0 Å². The molecular weight excluding hydrogens is 937 g/mol. The van der Waals surface area contributed by atoms with Gasteiger partial charge in [0.15, 0.2) is 10.9 Å². The fourth-order valence-electron chi connectivity index (χ4n) is 12.6. The minimum atomic E-state index is 0.156.